The monoisotopic (exact) mass is 424 g/mol. The van der Waals surface area contributed by atoms with E-state index in [2.05, 4.69) is 19.9 Å². The van der Waals surface area contributed by atoms with Crippen LogP contribution < -0.4 is 32.7 Å². The highest BCUT2D eigenvalue weighted by Gasteiger charge is 2.23. The topological polar surface area (TPSA) is 175 Å². The number of benzene rings is 1. The third-order valence-corrected chi connectivity index (χ3v) is 5.10. The average molecular weight is 424 g/mol. The first-order chi connectivity index (χ1) is 14.3. The van der Waals surface area contributed by atoms with E-state index in [4.69, 9.17) is 0 Å². The van der Waals surface area contributed by atoms with E-state index in [9.17, 15) is 30.0 Å². The van der Waals surface area contributed by atoms with E-state index in [1.807, 2.05) is 20.8 Å². The molecule has 0 spiro atoms. The fraction of sp³-hybridized carbons (Fsp3) is 0.211. The van der Waals surface area contributed by atoms with E-state index in [1.165, 1.54) is 28.1 Å². The SMILES string of the molecule is Bc1c(B)c(O)c(/C(O)=c2\[nH]c(=O)/c(=C/c3nc[nH]c3C(C)(C)C)[nH]c2=O)c(O)c1O. The summed E-state index contributed by atoms with van der Waals surface area (Å²) < 4.78 is 0. The second kappa shape index (κ2) is 7.46. The number of hydrogen-bond acceptors (Lipinski definition) is 7. The van der Waals surface area contributed by atoms with Gasteiger partial charge in [-0.05, 0) is 17.0 Å². The van der Waals surface area contributed by atoms with Gasteiger partial charge in [0.2, 0.25) is 0 Å². The molecule has 0 saturated heterocycles. The molecular weight excluding hydrogens is 402 g/mol. The highest BCUT2D eigenvalue weighted by Crippen LogP contribution is 2.34. The predicted octanol–water partition coefficient (Wildman–Crippen LogP) is -3.74. The molecule has 3 rings (SSSR count). The number of aliphatic hydroxyl groups is 1. The minimum atomic E-state index is -0.895. The molecule has 0 amide bonds. The molecule has 0 saturated carbocycles. The van der Waals surface area contributed by atoms with E-state index < -0.39 is 45.0 Å². The van der Waals surface area contributed by atoms with E-state index in [-0.39, 0.29) is 21.7 Å². The van der Waals surface area contributed by atoms with Gasteiger partial charge in [0.05, 0.1) is 12.0 Å². The highest BCUT2D eigenvalue weighted by atomic mass is 16.3. The summed E-state index contributed by atoms with van der Waals surface area (Å²) in [6.07, 6.45) is 2.87. The van der Waals surface area contributed by atoms with Crippen molar-refractivity contribution >= 4 is 38.5 Å². The van der Waals surface area contributed by atoms with Crippen LogP contribution in [0.15, 0.2) is 15.9 Å². The first-order valence-electron chi connectivity index (χ1n) is 9.40. The second-order valence-electron chi connectivity index (χ2n) is 8.27. The van der Waals surface area contributed by atoms with Crippen LogP contribution in [0.25, 0.3) is 11.8 Å². The van der Waals surface area contributed by atoms with Gasteiger partial charge in [0, 0.05) is 11.1 Å². The summed E-state index contributed by atoms with van der Waals surface area (Å²) in [6, 6.07) is 0. The predicted molar refractivity (Wildman–Crippen MR) is 121 cm³/mol. The van der Waals surface area contributed by atoms with Crippen molar-refractivity contribution in [3.8, 4) is 17.2 Å². The summed E-state index contributed by atoms with van der Waals surface area (Å²) >= 11 is 0. The molecule has 0 aliphatic heterocycles. The summed E-state index contributed by atoms with van der Waals surface area (Å²) in [7, 11) is 2.92. The largest absolute Gasteiger partial charge is 0.508 e. The molecule has 0 atom stereocenters. The molecule has 2 heterocycles. The molecule has 0 bridgehead atoms. The Bertz CT molecular complexity index is 1400. The van der Waals surface area contributed by atoms with Crippen LogP contribution in [0.1, 0.15) is 37.7 Å². The maximum Gasteiger partial charge on any atom is 0.276 e. The van der Waals surface area contributed by atoms with E-state index in [1.54, 1.807) is 0 Å². The number of phenols is 3. The number of imidazole rings is 1. The number of aromatic nitrogens is 4. The first-order valence-corrected chi connectivity index (χ1v) is 9.40. The quantitative estimate of drug-likeness (QED) is 0.126. The fourth-order valence-corrected chi connectivity index (χ4v) is 3.20. The van der Waals surface area contributed by atoms with Gasteiger partial charge in [0.15, 0.2) is 22.6 Å². The van der Waals surface area contributed by atoms with E-state index in [0.717, 1.165) is 5.69 Å². The van der Waals surface area contributed by atoms with E-state index >= 15 is 0 Å². The Morgan fingerprint density at radius 1 is 1.00 bits per heavy atom. The van der Waals surface area contributed by atoms with Crippen molar-refractivity contribution in [2.75, 3.05) is 0 Å². The number of hydrogen-bond donors (Lipinski definition) is 7. The van der Waals surface area contributed by atoms with Crippen molar-refractivity contribution in [3.63, 3.8) is 0 Å². The van der Waals surface area contributed by atoms with Crippen molar-refractivity contribution < 1.29 is 20.4 Å². The highest BCUT2D eigenvalue weighted by molar-refractivity contribution is 6.51. The molecule has 1 aromatic carbocycles. The summed E-state index contributed by atoms with van der Waals surface area (Å²) in [5, 5.41) is 40.4. The zero-order chi connectivity index (χ0) is 23.2. The van der Waals surface area contributed by atoms with Crippen LogP contribution in [-0.4, -0.2) is 56.1 Å². The standard InChI is InChI=1S/C19H22B2N4O6/c1-19(2,3)16-6(22-5-23-16)4-7-17(30)25-11(18(31)24-7)13(27)8-12(26)9(20)10(21)15(29)14(8)28/h4-5,26-29H,20-21H2,1-3H3,(H,22,23)(H,24,31)(H,25,30)/b7-4-,13-11+. The molecule has 2 aromatic heterocycles. The number of nitrogens with one attached hydrogen (secondary N) is 3. The van der Waals surface area contributed by atoms with Crippen LogP contribution in [0, 0.1) is 0 Å². The Morgan fingerprint density at radius 3 is 2.23 bits per heavy atom. The van der Waals surface area contributed by atoms with Crippen molar-refractivity contribution in [1.82, 2.24) is 19.9 Å². The Kier molecular flexibility index (Phi) is 5.26. The lowest BCUT2D eigenvalue weighted by Gasteiger charge is -2.16. The van der Waals surface area contributed by atoms with Gasteiger partial charge in [0.25, 0.3) is 11.1 Å². The van der Waals surface area contributed by atoms with Crippen LogP contribution in [-0.2, 0) is 5.41 Å². The van der Waals surface area contributed by atoms with Gasteiger partial charge in [-0.25, -0.2) is 4.98 Å². The summed E-state index contributed by atoms with van der Waals surface area (Å²) in [6.45, 7) is 5.87. The molecular formula is C19H22B2N4O6. The molecule has 0 aliphatic carbocycles. The number of aromatic amines is 3. The normalized spacial score (nSPS) is 13.5. The van der Waals surface area contributed by atoms with Gasteiger partial charge >= 0.3 is 0 Å². The Balaban J connectivity index is 2.31. The zero-order valence-corrected chi connectivity index (χ0v) is 17.7. The number of nitrogens with zero attached hydrogens (tertiary/aromatic N) is 1. The smallest absolute Gasteiger partial charge is 0.276 e. The molecule has 0 fully saturated rings. The van der Waals surface area contributed by atoms with Crippen molar-refractivity contribution in [2.24, 2.45) is 0 Å². The summed E-state index contributed by atoms with van der Waals surface area (Å²) in [5.74, 6) is -2.81. The van der Waals surface area contributed by atoms with Gasteiger partial charge in [-0.3, -0.25) is 9.59 Å². The molecule has 3 aromatic rings. The lowest BCUT2D eigenvalue weighted by Crippen LogP contribution is -2.48. The Labute approximate surface area is 177 Å². The Morgan fingerprint density at radius 2 is 1.61 bits per heavy atom. The lowest BCUT2D eigenvalue weighted by molar-refractivity contribution is 0.392. The van der Waals surface area contributed by atoms with Crippen LogP contribution >= 0.6 is 0 Å². The molecule has 31 heavy (non-hydrogen) atoms. The minimum Gasteiger partial charge on any atom is -0.508 e. The second-order valence-corrected chi connectivity index (χ2v) is 8.27. The molecule has 0 radical (unpaired) electrons. The molecule has 7 N–H and O–H groups in total. The minimum absolute atomic E-state index is 0.101. The van der Waals surface area contributed by atoms with E-state index in [0.29, 0.717) is 5.69 Å². The number of aromatic hydroxyl groups is 3. The lowest BCUT2D eigenvalue weighted by atomic mass is 9.77. The van der Waals surface area contributed by atoms with Crippen molar-refractivity contribution in [1.29, 1.82) is 0 Å². The van der Waals surface area contributed by atoms with Gasteiger partial charge < -0.3 is 35.4 Å². The van der Waals surface area contributed by atoms with Gasteiger partial charge in [0.1, 0.15) is 32.4 Å². The van der Waals surface area contributed by atoms with Crippen molar-refractivity contribution in [2.45, 2.75) is 26.2 Å². The number of phenolic OH excluding ortho intramolecular Hbond substituents is 3. The number of aliphatic hydroxyl groups excluding tert-OH is 1. The summed E-state index contributed by atoms with van der Waals surface area (Å²) in [5.41, 5.74) is -0.872. The first kappa shape index (κ1) is 21.9. The zero-order valence-electron chi connectivity index (χ0n) is 17.7. The maximum absolute atomic E-state index is 12.6. The Hall–Kier alpha value is -3.82. The van der Waals surface area contributed by atoms with Crippen LogP contribution in [0.4, 0.5) is 0 Å². The van der Waals surface area contributed by atoms with Crippen LogP contribution in [0.3, 0.4) is 0 Å². The molecule has 12 heteroatoms. The van der Waals surface area contributed by atoms with Gasteiger partial charge in [-0.15, -0.1) is 0 Å². The summed E-state index contributed by atoms with van der Waals surface area (Å²) in [4.78, 5) is 37.0. The third-order valence-electron chi connectivity index (χ3n) is 5.10. The third kappa shape index (κ3) is 3.72. The molecule has 0 aliphatic rings. The number of rotatable bonds is 2. The molecule has 10 nitrogen and oxygen atoms in total. The average Bonchev–Trinajstić information content (AvgIpc) is 3.16. The van der Waals surface area contributed by atoms with Gasteiger partial charge in [-0.1, -0.05) is 20.8 Å². The molecule has 160 valence electrons. The van der Waals surface area contributed by atoms with Crippen LogP contribution in [0.5, 0.6) is 17.2 Å². The number of H-pyrrole nitrogens is 3. The van der Waals surface area contributed by atoms with Gasteiger partial charge in [-0.2, -0.15) is 0 Å². The van der Waals surface area contributed by atoms with Crippen molar-refractivity contribution in [3.05, 3.63) is 54.7 Å². The maximum atomic E-state index is 12.6. The fourth-order valence-electron chi connectivity index (χ4n) is 3.20. The molecule has 0 unspecified atom stereocenters. The van der Waals surface area contributed by atoms with Crippen LogP contribution in [0.2, 0.25) is 0 Å².